The van der Waals surface area contributed by atoms with Crippen LogP contribution in [-0.2, 0) is 0 Å². The Balaban J connectivity index is 2.16. The molecule has 6 nitrogen and oxygen atoms in total. The second-order valence-electron chi connectivity index (χ2n) is 3.71. The molecule has 1 heterocycles. The molecule has 0 saturated heterocycles. The van der Waals surface area contributed by atoms with Crippen LogP contribution < -0.4 is 15.4 Å². The number of carbonyl (C=O) groups is 1. The van der Waals surface area contributed by atoms with E-state index in [9.17, 15) is 4.79 Å². The van der Waals surface area contributed by atoms with Crippen LogP contribution in [0.4, 0.5) is 11.5 Å². The highest BCUT2D eigenvalue weighted by atomic mass is 16.5. The molecule has 6 heteroatoms. The summed E-state index contributed by atoms with van der Waals surface area (Å²) < 4.78 is 5.16. The minimum atomic E-state index is -0.334. The highest BCUT2D eigenvalue weighted by Gasteiger charge is 2.10. The fourth-order valence-electron chi connectivity index (χ4n) is 1.52. The Labute approximate surface area is 110 Å². The number of hydrogen-bond donors (Lipinski definition) is 2. The quantitative estimate of drug-likeness (QED) is 0.874. The van der Waals surface area contributed by atoms with Gasteiger partial charge in [-0.05, 0) is 24.3 Å². The highest BCUT2D eigenvalue weighted by molar-refractivity contribution is 6.03. The molecule has 0 bridgehead atoms. The number of aromatic nitrogens is 2. The Morgan fingerprint density at radius 1 is 1.16 bits per heavy atom. The average Bonchev–Trinajstić information content (AvgIpc) is 2.48. The fourth-order valence-corrected chi connectivity index (χ4v) is 1.52. The van der Waals surface area contributed by atoms with Crippen molar-refractivity contribution in [1.29, 1.82) is 0 Å². The topological polar surface area (TPSA) is 76.1 Å². The third-order valence-corrected chi connectivity index (χ3v) is 2.51. The number of benzene rings is 1. The van der Waals surface area contributed by atoms with E-state index in [0.717, 1.165) is 0 Å². The number of methoxy groups -OCH3 is 1. The first kappa shape index (κ1) is 12.8. The summed E-state index contributed by atoms with van der Waals surface area (Å²) in [7, 11) is 3.28. The van der Waals surface area contributed by atoms with Crippen molar-refractivity contribution >= 4 is 17.4 Å². The normalized spacial score (nSPS) is 9.79. The van der Waals surface area contributed by atoms with E-state index >= 15 is 0 Å². The van der Waals surface area contributed by atoms with E-state index in [1.165, 1.54) is 0 Å². The van der Waals surface area contributed by atoms with Crippen LogP contribution >= 0.6 is 0 Å². The van der Waals surface area contributed by atoms with Gasteiger partial charge in [-0.3, -0.25) is 4.79 Å². The summed E-state index contributed by atoms with van der Waals surface area (Å²) in [6.07, 6.45) is 0. The molecule has 2 aromatic rings. The summed E-state index contributed by atoms with van der Waals surface area (Å²) in [5.74, 6) is 0.865. The summed E-state index contributed by atoms with van der Waals surface area (Å²) in [4.78, 5) is 12.0. The lowest BCUT2D eigenvalue weighted by molar-refractivity contribution is 0.102. The average molecular weight is 258 g/mol. The predicted octanol–water partition coefficient (Wildman–Crippen LogP) is 1.78. The molecule has 0 radical (unpaired) electrons. The number of rotatable bonds is 4. The Morgan fingerprint density at radius 3 is 2.58 bits per heavy atom. The predicted molar refractivity (Wildman–Crippen MR) is 72.5 cm³/mol. The number of amides is 1. The van der Waals surface area contributed by atoms with E-state index in [2.05, 4.69) is 20.8 Å². The van der Waals surface area contributed by atoms with Gasteiger partial charge in [-0.25, -0.2) is 0 Å². The first-order valence-electron chi connectivity index (χ1n) is 5.70. The second-order valence-corrected chi connectivity index (χ2v) is 3.71. The minimum Gasteiger partial charge on any atom is -0.495 e. The van der Waals surface area contributed by atoms with Crippen LogP contribution in [0, 0.1) is 0 Å². The van der Waals surface area contributed by atoms with Gasteiger partial charge < -0.3 is 15.4 Å². The zero-order chi connectivity index (χ0) is 13.7. The van der Waals surface area contributed by atoms with Crippen molar-refractivity contribution in [3.05, 3.63) is 42.1 Å². The van der Waals surface area contributed by atoms with E-state index in [0.29, 0.717) is 17.3 Å². The molecule has 0 spiro atoms. The van der Waals surface area contributed by atoms with Crippen molar-refractivity contribution in [2.24, 2.45) is 0 Å². The number of para-hydroxylation sites is 2. The maximum absolute atomic E-state index is 12.0. The Morgan fingerprint density at radius 2 is 1.95 bits per heavy atom. The molecule has 2 N–H and O–H groups in total. The Kier molecular flexibility index (Phi) is 3.92. The van der Waals surface area contributed by atoms with Gasteiger partial charge in [0.05, 0.1) is 12.8 Å². The molecule has 19 heavy (non-hydrogen) atoms. The molecule has 0 atom stereocenters. The molecule has 2 rings (SSSR count). The molecule has 0 aliphatic carbocycles. The standard InChI is InChI=1S/C13H14N4O2/c1-14-12-8-7-10(16-17-12)13(18)15-9-5-3-4-6-11(9)19-2/h3-8H,1-2H3,(H,14,17)(H,15,18). The van der Waals surface area contributed by atoms with Gasteiger partial charge in [-0.15, -0.1) is 10.2 Å². The molecule has 0 unspecified atom stereocenters. The maximum Gasteiger partial charge on any atom is 0.276 e. The lowest BCUT2D eigenvalue weighted by atomic mass is 10.2. The van der Waals surface area contributed by atoms with Gasteiger partial charge in [0.1, 0.15) is 11.6 Å². The van der Waals surface area contributed by atoms with Crippen molar-refractivity contribution < 1.29 is 9.53 Å². The van der Waals surface area contributed by atoms with Gasteiger partial charge in [0, 0.05) is 7.05 Å². The zero-order valence-corrected chi connectivity index (χ0v) is 10.7. The maximum atomic E-state index is 12.0. The fraction of sp³-hybridized carbons (Fsp3) is 0.154. The van der Waals surface area contributed by atoms with Gasteiger partial charge in [-0.1, -0.05) is 12.1 Å². The van der Waals surface area contributed by atoms with Crippen molar-refractivity contribution in [2.75, 3.05) is 24.8 Å². The Bertz CT molecular complexity index is 569. The first-order valence-corrected chi connectivity index (χ1v) is 5.70. The molecular weight excluding hydrogens is 244 g/mol. The molecule has 1 aromatic carbocycles. The van der Waals surface area contributed by atoms with Gasteiger partial charge >= 0.3 is 0 Å². The molecule has 1 aromatic heterocycles. The van der Waals surface area contributed by atoms with Crippen LogP contribution in [0.3, 0.4) is 0 Å². The van der Waals surface area contributed by atoms with Crippen LogP contribution in [0.1, 0.15) is 10.5 Å². The lowest BCUT2D eigenvalue weighted by Gasteiger charge is -2.09. The molecule has 98 valence electrons. The summed E-state index contributed by atoms with van der Waals surface area (Å²) in [5, 5.41) is 13.2. The summed E-state index contributed by atoms with van der Waals surface area (Å²) in [5.41, 5.74) is 0.833. The third kappa shape index (κ3) is 2.98. The number of ether oxygens (including phenoxy) is 1. The van der Waals surface area contributed by atoms with Gasteiger partial charge in [0.2, 0.25) is 0 Å². The molecule has 1 amide bonds. The van der Waals surface area contributed by atoms with Crippen molar-refractivity contribution in [2.45, 2.75) is 0 Å². The highest BCUT2D eigenvalue weighted by Crippen LogP contribution is 2.23. The number of nitrogens with zero attached hydrogens (tertiary/aromatic N) is 2. The zero-order valence-electron chi connectivity index (χ0n) is 10.7. The summed E-state index contributed by atoms with van der Waals surface area (Å²) >= 11 is 0. The third-order valence-electron chi connectivity index (χ3n) is 2.51. The van der Waals surface area contributed by atoms with Crippen LogP contribution in [0.25, 0.3) is 0 Å². The van der Waals surface area contributed by atoms with Crippen LogP contribution in [0.2, 0.25) is 0 Å². The van der Waals surface area contributed by atoms with E-state index in [1.54, 1.807) is 38.4 Å². The lowest BCUT2D eigenvalue weighted by Crippen LogP contribution is -2.15. The molecule has 0 aliphatic rings. The van der Waals surface area contributed by atoms with E-state index < -0.39 is 0 Å². The monoisotopic (exact) mass is 258 g/mol. The van der Waals surface area contributed by atoms with Gasteiger partial charge in [-0.2, -0.15) is 0 Å². The number of nitrogens with one attached hydrogen (secondary N) is 2. The molecule has 0 fully saturated rings. The SMILES string of the molecule is CNc1ccc(C(=O)Nc2ccccc2OC)nn1. The first-order chi connectivity index (χ1) is 9.24. The largest absolute Gasteiger partial charge is 0.495 e. The van der Waals surface area contributed by atoms with Gasteiger partial charge in [0.25, 0.3) is 5.91 Å². The Hall–Kier alpha value is -2.63. The second kappa shape index (κ2) is 5.81. The van der Waals surface area contributed by atoms with Crippen molar-refractivity contribution in [1.82, 2.24) is 10.2 Å². The van der Waals surface area contributed by atoms with Crippen molar-refractivity contribution in [3.63, 3.8) is 0 Å². The summed E-state index contributed by atoms with van der Waals surface area (Å²) in [6, 6.07) is 10.5. The smallest absolute Gasteiger partial charge is 0.276 e. The minimum absolute atomic E-state index is 0.241. The van der Waals surface area contributed by atoms with Crippen LogP contribution in [0.5, 0.6) is 5.75 Å². The number of anilines is 2. The molecule has 0 aliphatic heterocycles. The molecule has 0 saturated carbocycles. The number of hydrogen-bond acceptors (Lipinski definition) is 5. The number of carbonyl (C=O) groups excluding carboxylic acids is 1. The van der Waals surface area contributed by atoms with Gasteiger partial charge in [0.15, 0.2) is 5.69 Å². The van der Waals surface area contributed by atoms with E-state index in [-0.39, 0.29) is 11.6 Å². The van der Waals surface area contributed by atoms with Crippen molar-refractivity contribution in [3.8, 4) is 5.75 Å². The van der Waals surface area contributed by atoms with Crippen LogP contribution in [-0.4, -0.2) is 30.3 Å². The summed E-state index contributed by atoms with van der Waals surface area (Å²) in [6.45, 7) is 0. The van der Waals surface area contributed by atoms with Crippen LogP contribution in [0.15, 0.2) is 36.4 Å². The molecular formula is C13H14N4O2. The van der Waals surface area contributed by atoms with E-state index in [1.807, 2.05) is 12.1 Å². The van der Waals surface area contributed by atoms with E-state index in [4.69, 9.17) is 4.74 Å².